The third-order valence-corrected chi connectivity index (χ3v) is 3.35. The van der Waals surface area contributed by atoms with Crippen molar-refractivity contribution in [3.8, 4) is 0 Å². The number of hydrogen-bond donors (Lipinski definition) is 1. The van der Waals surface area contributed by atoms with Gasteiger partial charge in [0.1, 0.15) is 5.82 Å². The second-order valence-electron chi connectivity index (χ2n) is 4.22. The van der Waals surface area contributed by atoms with Crippen LogP contribution in [0.25, 0.3) is 0 Å². The molecule has 1 aromatic carbocycles. The highest BCUT2D eigenvalue weighted by Crippen LogP contribution is 2.27. The van der Waals surface area contributed by atoms with Gasteiger partial charge in [-0.2, -0.15) is 0 Å². The molecular formula is C12H12BrF2NO. The van der Waals surface area contributed by atoms with Crippen molar-refractivity contribution in [2.45, 2.75) is 12.8 Å². The van der Waals surface area contributed by atoms with Crippen LogP contribution in [0.15, 0.2) is 16.6 Å². The summed E-state index contributed by atoms with van der Waals surface area (Å²) in [4.78, 5) is 11.7. The molecule has 1 aliphatic carbocycles. The molecule has 17 heavy (non-hydrogen) atoms. The standard InChI is InChI=1S/C12H12BrF2NO/c13-8-3-4-9(14)11(12(8)15)10(17)6-16-5-7-1-2-7/h3-4,7,16H,1-2,5-6H2. The molecule has 0 saturated heterocycles. The molecule has 0 heterocycles. The fourth-order valence-corrected chi connectivity index (χ4v) is 1.91. The third-order valence-electron chi connectivity index (χ3n) is 2.74. The Morgan fingerprint density at radius 3 is 2.76 bits per heavy atom. The summed E-state index contributed by atoms with van der Waals surface area (Å²) in [5, 5.41) is 2.92. The summed E-state index contributed by atoms with van der Waals surface area (Å²) in [7, 11) is 0. The molecule has 1 saturated carbocycles. The minimum Gasteiger partial charge on any atom is -0.309 e. The average Bonchev–Trinajstić information content (AvgIpc) is 3.08. The van der Waals surface area contributed by atoms with E-state index in [1.54, 1.807) is 0 Å². The molecule has 2 nitrogen and oxygen atoms in total. The van der Waals surface area contributed by atoms with Crippen LogP contribution in [0.4, 0.5) is 8.78 Å². The molecule has 1 N–H and O–H groups in total. The minimum atomic E-state index is -0.830. The summed E-state index contributed by atoms with van der Waals surface area (Å²) in [6.45, 7) is 0.712. The fraction of sp³-hybridized carbons (Fsp3) is 0.417. The van der Waals surface area contributed by atoms with Gasteiger partial charge < -0.3 is 5.32 Å². The first-order chi connectivity index (χ1) is 8.09. The van der Waals surface area contributed by atoms with Crippen molar-refractivity contribution in [1.82, 2.24) is 5.32 Å². The lowest BCUT2D eigenvalue weighted by Crippen LogP contribution is -2.26. The number of benzene rings is 1. The Morgan fingerprint density at radius 1 is 1.41 bits per heavy atom. The largest absolute Gasteiger partial charge is 0.309 e. The van der Waals surface area contributed by atoms with E-state index in [9.17, 15) is 13.6 Å². The van der Waals surface area contributed by atoms with Gasteiger partial charge in [-0.15, -0.1) is 0 Å². The molecule has 1 aliphatic rings. The summed E-state index contributed by atoms with van der Waals surface area (Å²) in [5.74, 6) is -1.57. The second-order valence-corrected chi connectivity index (χ2v) is 5.07. The lowest BCUT2D eigenvalue weighted by molar-refractivity contribution is 0.0982. The van der Waals surface area contributed by atoms with Crippen LogP contribution in [0.5, 0.6) is 0 Å². The van der Waals surface area contributed by atoms with Crippen LogP contribution in [0.1, 0.15) is 23.2 Å². The fourth-order valence-electron chi connectivity index (χ4n) is 1.58. The molecule has 1 aromatic rings. The SMILES string of the molecule is O=C(CNCC1CC1)c1c(F)ccc(Br)c1F. The van der Waals surface area contributed by atoms with E-state index in [1.165, 1.54) is 18.9 Å². The Balaban J connectivity index is 2.04. The van der Waals surface area contributed by atoms with Gasteiger partial charge in [-0.1, -0.05) is 0 Å². The van der Waals surface area contributed by atoms with E-state index in [4.69, 9.17) is 0 Å². The van der Waals surface area contributed by atoms with Crippen molar-refractivity contribution in [2.24, 2.45) is 5.92 Å². The highest BCUT2D eigenvalue weighted by Gasteiger charge is 2.22. The third kappa shape index (κ3) is 3.10. The highest BCUT2D eigenvalue weighted by molar-refractivity contribution is 9.10. The van der Waals surface area contributed by atoms with E-state index in [0.29, 0.717) is 5.92 Å². The molecule has 0 atom stereocenters. The zero-order valence-electron chi connectivity index (χ0n) is 9.10. The number of halogens is 3. The topological polar surface area (TPSA) is 29.1 Å². The van der Waals surface area contributed by atoms with Crippen LogP contribution in [0, 0.1) is 17.6 Å². The maximum absolute atomic E-state index is 13.6. The predicted octanol–water partition coefficient (Wildman–Crippen LogP) is 2.91. The number of ketones is 1. The van der Waals surface area contributed by atoms with E-state index in [2.05, 4.69) is 21.2 Å². The summed E-state index contributed by atoms with van der Waals surface area (Å²) < 4.78 is 27.0. The molecule has 2 rings (SSSR count). The lowest BCUT2D eigenvalue weighted by Gasteiger charge is -2.06. The van der Waals surface area contributed by atoms with E-state index in [1.807, 2.05) is 0 Å². The van der Waals surface area contributed by atoms with Crippen molar-refractivity contribution >= 4 is 21.7 Å². The lowest BCUT2D eigenvalue weighted by atomic mass is 10.1. The quantitative estimate of drug-likeness (QED) is 0.669. The predicted molar refractivity (Wildman–Crippen MR) is 64.0 cm³/mol. The smallest absolute Gasteiger partial charge is 0.182 e. The van der Waals surface area contributed by atoms with Gasteiger partial charge in [-0.25, -0.2) is 8.78 Å². The van der Waals surface area contributed by atoms with Gasteiger partial charge in [0.25, 0.3) is 0 Å². The number of nitrogens with one attached hydrogen (secondary N) is 1. The van der Waals surface area contributed by atoms with Crippen LogP contribution in [0.2, 0.25) is 0 Å². The number of rotatable bonds is 5. The van der Waals surface area contributed by atoms with Gasteiger partial charge in [0, 0.05) is 0 Å². The Morgan fingerprint density at radius 2 is 2.12 bits per heavy atom. The monoisotopic (exact) mass is 303 g/mol. The zero-order valence-corrected chi connectivity index (χ0v) is 10.7. The van der Waals surface area contributed by atoms with Gasteiger partial charge in [0.2, 0.25) is 0 Å². The minimum absolute atomic E-state index is 0.0270. The molecule has 92 valence electrons. The first kappa shape index (κ1) is 12.6. The van der Waals surface area contributed by atoms with Crippen molar-refractivity contribution in [3.05, 3.63) is 33.8 Å². The average molecular weight is 304 g/mol. The molecule has 0 aliphatic heterocycles. The maximum Gasteiger partial charge on any atom is 0.182 e. The van der Waals surface area contributed by atoms with Gasteiger partial charge in [-0.3, -0.25) is 4.79 Å². The van der Waals surface area contributed by atoms with Gasteiger partial charge in [-0.05, 0) is 53.4 Å². The molecular weight excluding hydrogens is 292 g/mol. The Bertz CT molecular complexity index is 446. The Labute approximate surface area is 107 Å². The Hall–Kier alpha value is -0.810. The van der Waals surface area contributed by atoms with E-state index < -0.39 is 23.0 Å². The van der Waals surface area contributed by atoms with Gasteiger partial charge in [0.05, 0.1) is 16.6 Å². The molecule has 0 amide bonds. The van der Waals surface area contributed by atoms with Crippen molar-refractivity contribution in [2.75, 3.05) is 13.1 Å². The molecule has 5 heteroatoms. The second kappa shape index (κ2) is 5.23. The summed E-state index contributed by atoms with van der Waals surface area (Å²) in [6, 6.07) is 2.33. The van der Waals surface area contributed by atoms with Crippen LogP contribution in [-0.4, -0.2) is 18.9 Å². The summed E-state index contributed by atoms with van der Waals surface area (Å²) >= 11 is 2.94. The first-order valence-corrected chi connectivity index (χ1v) is 6.26. The van der Waals surface area contributed by atoms with Gasteiger partial charge >= 0.3 is 0 Å². The zero-order chi connectivity index (χ0) is 12.4. The first-order valence-electron chi connectivity index (χ1n) is 5.47. The van der Waals surface area contributed by atoms with E-state index in [0.717, 1.165) is 12.6 Å². The van der Waals surface area contributed by atoms with E-state index in [-0.39, 0.29) is 11.0 Å². The Kier molecular flexibility index (Phi) is 3.89. The van der Waals surface area contributed by atoms with Crippen molar-refractivity contribution in [3.63, 3.8) is 0 Å². The molecule has 0 unspecified atom stereocenters. The van der Waals surface area contributed by atoms with Crippen LogP contribution in [0.3, 0.4) is 0 Å². The van der Waals surface area contributed by atoms with E-state index >= 15 is 0 Å². The number of hydrogen-bond acceptors (Lipinski definition) is 2. The molecule has 0 radical (unpaired) electrons. The van der Waals surface area contributed by atoms with Gasteiger partial charge in [0.15, 0.2) is 11.6 Å². The summed E-state index contributed by atoms with van der Waals surface area (Å²) in [5.41, 5.74) is -0.470. The molecule has 1 fully saturated rings. The molecule has 0 bridgehead atoms. The number of Topliss-reactive ketones (excluding diaryl/α,β-unsaturated/α-hetero) is 1. The van der Waals surface area contributed by atoms with Crippen molar-refractivity contribution in [1.29, 1.82) is 0 Å². The molecule has 0 aromatic heterocycles. The highest BCUT2D eigenvalue weighted by atomic mass is 79.9. The van der Waals surface area contributed by atoms with Crippen LogP contribution >= 0.6 is 15.9 Å². The normalized spacial score (nSPS) is 15.0. The number of carbonyl (C=O) groups excluding carboxylic acids is 1. The maximum atomic E-state index is 13.6. The summed E-state index contributed by atoms with van der Waals surface area (Å²) in [6.07, 6.45) is 2.33. The van der Waals surface area contributed by atoms with Crippen LogP contribution in [-0.2, 0) is 0 Å². The van der Waals surface area contributed by atoms with Crippen molar-refractivity contribution < 1.29 is 13.6 Å². The number of carbonyl (C=O) groups is 1. The van der Waals surface area contributed by atoms with Crippen LogP contribution < -0.4 is 5.32 Å². The molecule has 0 spiro atoms.